The molecule has 0 saturated heterocycles. The molecule has 5 heterocycles. The topological polar surface area (TPSA) is 26.4 Å². The predicted octanol–water partition coefficient (Wildman–Crippen LogP) is 9.36. The summed E-state index contributed by atoms with van der Waals surface area (Å²) in [5, 5.41) is 2.14. The highest BCUT2D eigenvalue weighted by Gasteiger charge is 2.64. The zero-order chi connectivity index (χ0) is 31.7. The van der Waals surface area contributed by atoms with Crippen molar-refractivity contribution < 1.29 is 22.6 Å². The van der Waals surface area contributed by atoms with E-state index in [0.29, 0.717) is 0 Å². The van der Waals surface area contributed by atoms with E-state index in [1.807, 2.05) is 60.7 Å². The third-order valence-corrected chi connectivity index (χ3v) is 10.2. The van der Waals surface area contributed by atoms with E-state index >= 15 is 0 Å². The minimum atomic E-state index is -2.37. The molecule has 0 saturated carbocycles. The molecule has 4 aliphatic heterocycles. The quantitative estimate of drug-likeness (QED) is 0.179. The Labute approximate surface area is 274 Å². The maximum atomic E-state index is 13.9. The first-order valence-corrected chi connectivity index (χ1v) is 16.0. The van der Waals surface area contributed by atoms with Crippen molar-refractivity contribution in [1.29, 1.82) is 0 Å². The van der Waals surface area contributed by atoms with Crippen molar-refractivity contribution in [2.75, 3.05) is 0 Å². The molecule has 1 atom stereocenters. The lowest BCUT2D eigenvalue weighted by atomic mass is 9.77. The zero-order valence-electron chi connectivity index (χ0n) is 25.3. The van der Waals surface area contributed by atoms with E-state index < -0.39 is 6.82 Å². The number of rotatable bonds is 2. The number of para-hydroxylation sites is 2. The average Bonchev–Trinajstić information content (AvgIpc) is 3.63. The maximum absolute atomic E-state index is 13.9. The van der Waals surface area contributed by atoms with E-state index in [2.05, 4.69) is 63.6 Å². The molecule has 0 amide bonds. The van der Waals surface area contributed by atoms with Crippen LogP contribution in [0.1, 0.15) is 22.4 Å². The molecular formula is C41H23BF2N2O2. The van der Waals surface area contributed by atoms with Gasteiger partial charge in [0.25, 0.3) is 0 Å². The Kier molecular flexibility index (Phi) is 4.85. The van der Waals surface area contributed by atoms with Crippen LogP contribution >= 0.6 is 0 Å². The molecule has 6 aromatic carbocycles. The summed E-state index contributed by atoms with van der Waals surface area (Å²) < 4.78 is 46.6. The molecule has 226 valence electrons. The van der Waals surface area contributed by atoms with Gasteiger partial charge in [0.15, 0.2) is 11.4 Å². The third kappa shape index (κ3) is 3.25. The van der Waals surface area contributed by atoms with E-state index in [0.717, 1.165) is 89.6 Å². The standard InChI is InChI=1S/C41H23BF2N2O2/c43-28-15-9-24(10-16-28)26-13-19-30-34(21-26)40-32-5-1-3-7-38(32)47-42-45(40)36(30)23-37-31-20-14-27(25-11-17-29(44)18-12-25)22-35(31)41(46(37)42)33-6-2-4-8-39(33)48-42/h1-23H. The van der Waals surface area contributed by atoms with Crippen LogP contribution in [0.3, 0.4) is 0 Å². The Morgan fingerprint density at radius 3 is 1.81 bits per heavy atom. The number of fused-ring (bicyclic) bond motifs is 10. The second kappa shape index (κ2) is 8.99. The van der Waals surface area contributed by atoms with E-state index in [1.54, 1.807) is 0 Å². The molecule has 0 fully saturated rings. The smallest absolute Gasteiger partial charge is 0.601 e. The molecule has 0 radical (unpaired) electrons. The van der Waals surface area contributed by atoms with Crippen molar-refractivity contribution in [3.63, 3.8) is 0 Å². The highest BCUT2D eigenvalue weighted by atomic mass is 19.1. The summed E-state index contributed by atoms with van der Waals surface area (Å²) >= 11 is 0. The average molecular weight is 624 g/mol. The summed E-state index contributed by atoms with van der Waals surface area (Å²) in [5.41, 5.74) is 12.0. The molecular weight excluding hydrogens is 601 g/mol. The van der Waals surface area contributed by atoms with Gasteiger partial charge in [-0.15, -0.1) is 0 Å². The Morgan fingerprint density at radius 2 is 1.10 bits per heavy atom. The fourth-order valence-corrected chi connectivity index (χ4v) is 8.19. The molecule has 0 N–H and O–H groups in total. The number of aromatic nitrogens is 1. The van der Waals surface area contributed by atoms with Crippen LogP contribution in [-0.2, 0) is 0 Å². The van der Waals surface area contributed by atoms with Crippen molar-refractivity contribution in [3.8, 4) is 45.0 Å². The van der Waals surface area contributed by atoms with Crippen LogP contribution in [0.15, 0.2) is 133 Å². The molecule has 11 rings (SSSR count). The van der Waals surface area contributed by atoms with Gasteiger partial charge in [0, 0.05) is 33.8 Å². The van der Waals surface area contributed by atoms with Crippen LogP contribution in [0.4, 0.5) is 8.78 Å². The highest BCUT2D eigenvalue weighted by molar-refractivity contribution is 6.65. The highest BCUT2D eigenvalue weighted by Crippen LogP contribution is 2.53. The Balaban J connectivity index is 1.24. The first-order chi connectivity index (χ1) is 23.6. The Bertz CT molecular complexity index is 2640. The molecule has 0 bridgehead atoms. The van der Waals surface area contributed by atoms with Gasteiger partial charge >= 0.3 is 6.82 Å². The van der Waals surface area contributed by atoms with Gasteiger partial charge in [-0.05, 0) is 89.0 Å². The molecule has 4 aliphatic rings. The second-order valence-corrected chi connectivity index (χ2v) is 12.7. The van der Waals surface area contributed by atoms with Gasteiger partial charge in [0.2, 0.25) is 0 Å². The zero-order valence-corrected chi connectivity index (χ0v) is 25.3. The fraction of sp³-hybridized carbons (Fsp3) is 0. The summed E-state index contributed by atoms with van der Waals surface area (Å²) in [4.78, 5) is 0. The third-order valence-electron chi connectivity index (χ3n) is 10.2. The normalized spacial score (nSPS) is 17.4. The van der Waals surface area contributed by atoms with Gasteiger partial charge in [0.05, 0.1) is 28.2 Å². The van der Waals surface area contributed by atoms with Crippen LogP contribution in [0.25, 0.3) is 56.1 Å². The molecule has 48 heavy (non-hydrogen) atoms. The van der Waals surface area contributed by atoms with Crippen LogP contribution in [0.5, 0.6) is 11.5 Å². The minimum Gasteiger partial charge on any atom is -0.601 e. The largest absolute Gasteiger partial charge is 0.780 e. The fourth-order valence-electron chi connectivity index (χ4n) is 8.19. The Hall–Kier alpha value is -6.21. The van der Waals surface area contributed by atoms with Crippen LogP contribution in [0.2, 0.25) is 0 Å². The predicted molar refractivity (Wildman–Crippen MR) is 185 cm³/mol. The number of hydrogen-bond donors (Lipinski definition) is 0. The molecule has 1 unspecified atom stereocenters. The lowest BCUT2D eigenvalue weighted by Gasteiger charge is -2.46. The first-order valence-electron chi connectivity index (χ1n) is 16.0. The van der Waals surface area contributed by atoms with Crippen molar-refractivity contribution >= 4 is 35.1 Å². The lowest BCUT2D eigenvalue weighted by molar-refractivity contribution is -0.330. The van der Waals surface area contributed by atoms with E-state index in [9.17, 15) is 8.78 Å². The molecule has 4 nitrogen and oxygen atoms in total. The van der Waals surface area contributed by atoms with Crippen molar-refractivity contribution in [1.82, 2.24) is 4.48 Å². The van der Waals surface area contributed by atoms with Crippen LogP contribution in [-0.4, -0.2) is 21.5 Å². The summed E-state index contributed by atoms with van der Waals surface area (Å²) in [6.07, 6.45) is 2.25. The van der Waals surface area contributed by atoms with Gasteiger partial charge in [-0.25, -0.2) is 8.78 Å². The number of benzene rings is 6. The number of halogens is 2. The van der Waals surface area contributed by atoms with Crippen molar-refractivity contribution in [2.45, 2.75) is 0 Å². The van der Waals surface area contributed by atoms with Gasteiger partial charge in [-0.2, -0.15) is 0 Å². The lowest BCUT2D eigenvalue weighted by Crippen LogP contribution is -2.69. The van der Waals surface area contributed by atoms with Gasteiger partial charge in [-0.1, -0.05) is 66.7 Å². The van der Waals surface area contributed by atoms with Gasteiger partial charge in [0.1, 0.15) is 11.6 Å². The SMILES string of the molecule is Fc1ccc(-c2ccc3c(c2)C2=[N+]4C3=Cc3c5ccc(-c6ccc(F)cc6)cc5c5n3[B-]4(Oc3ccccc32)Oc2ccccc2-5)cc1. The summed E-state index contributed by atoms with van der Waals surface area (Å²) in [5.74, 6) is 0.963. The van der Waals surface area contributed by atoms with Crippen molar-refractivity contribution in [3.05, 3.63) is 167 Å². The Morgan fingerprint density at radius 1 is 0.521 bits per heavy atom. The summed E-state index contributed by atoms with van der Waals surface area (Å²) in [6, 6.07) is 42.4. The van der Waals surface area contributed by atoms with Gasteiger partial charge in [-0.3, -0.25) is 0 Å². The van der Waals surface area contributed by atoms with Crippen molar-refractivity contribution in [2.24, 2.45) is 0 Å². The van der Waals surface area contributed by atoms with E-state index in [-0.39, 0.29) is 11.6 Å². The number of nitrogens with zero attached hydrogens (tertiary/aromatic N) is 2. The van der Waals surface area contributed by atoms with E-state index in [4.69, 9.17) is 9.31 Å². The maximum Gasteiger partial charge on any atom is 0.780 e. The van der Waals surface area contributed by atoms with Crippen LogP contribution < -0.4 is 9.31 Å². The number of hydrogen-bond acceptors (Lipinski definition) is 2. The molecule has 0 aliphatic carbocycles. The monoisotopic (exact) mass is 624 g/mol. The van der Waals surface area contributed by atoms with E-state index in [1.165, 1.54) is 24.3 Å². The summed E-state index contributed by atoms with van der Waals surface area (Å²) in [6.45, 7) is -2.37. The molecule has 1 spiro atoms. The summed E-state index contributed by atoms with van der Waals surface area (Å²) in [7, 11) is 0. The minimum absolute atomic E-state index is 0.260. The van der Waals surface area contributed by atoms with Crippen LogP contribution in [0, 0.1) is 11.6 Å². The first kappa shape index (κ1) is 25.9. The second-order valence-electron chi connectivity index (χ2n) is 12.7. The molecule has 1 aromatic heterocycles. The van der Waals surface area contributed by atoms with Gasteiger partial charge < -0.3 is 18.3 Å². The molecule has 7 heteroatoms. The molecule has 7 aromatic rings.